The van der Waals surface area contributed by atoms with Gasteiger partial charge in [0.1, 0.15) is 21.0 Å². The van der Waals surface area contributed by atoms with Gasteiger partial charge in [0.2, 0.25) is 0 Å². The van der Waals surface area contributed by atoms with E-state index in [0.717, 1.165) is 11.3 Å². The van der Waals surface area contributed by atoms with Crippen molar-refractivity contribution in [1.82, 2.24) is 10.3 Å². The van der Waals surface area contributed by atoms with Gasteiger partial charge in [-0.2, -0.15) is 0 Å². The number of amides is 1. The van der Waals surface area contributed by atoms with Gasteiger partial charge in [-0.1, -0.05) is 12.1 Å². The summed E-state index contributed by atoms with van der Waals surface area (Å²) >= 11 is 1.14. The third-order valence-electron chi connectivity index (χ3n) is 4.27. The molecule has 1 aromatic carbocycles. The van der Waals surface area contributed by atoms with Gasteiger partial charge in [-0.3, -0.25) is 9.78 Å². The molecule has 0 saturated carbocycles. The van der Waals surface area contributed by atoms with Crippen molar-refractivity contribution in [3.63, 3.8) is 0 Å². The molecule has 0 saturated heterocycles. The van der Waals surface area contributed by atoms with Gasteiger partial charge in [-0.15, -0.1) is 11.3 Å². The summed E-state index contributed by atoms with van der Waals surface area (Å²) in [4.78, 5) is 16.7. The number of hydrogen-bond donors (Lipinski definition) is 1. The average Bonchev–Trinajstić information content (AvgIpc) is 3.30. The van der Waals surface area contributed by atoms with E-state index >= 15 is 0 Å². The summed E-state index contributed by atoms with van der Waals surface area (Å²) in [6, 6.07) is 11.4. The van der Waals surface area contributed by atoms with Crippen LogP contribution in [-0.4, -0.2) is 40.1 Å². The Morgan fingerprint density at radius 1 is 1.14 bits per heavy atom. The third-order valence-corrected chi connectivity index (χ3v) is 7.80. The van der Waals surface area contributed by atoms with E-state index in [1.807, 2.05) is 0 Å². The number of methoxy groups -OCH3 is 2. The van der Waals surface area contributed by atoms with Gasteiger partial charge < -0.3 is 14.8 Å². The standard InChI is InChI=1S/C20H20N2O5S2/c1-26-16-9-15(10-17(11-16)27-2)20(23)22-13-18(14-5-3-7-21-12-14)29(24,25)19-6-4-8-28-19/h3-12,18H,13H2,1-2H3,(H,22,23). The molecule has 1 amide bonds. The number of ether oxygens (including phenoxy) is 2. The predicted octanol–water partition coefficient (Wildman–Crippen LogP) is 3.11. The van der Waals surface area contributed by atoms with Crippen LogP contribution in [0.2, 0.25) is 0 Å². The molecular weight excluding hydrogens is 412 g/mol. The zero-order valence-electron chi connectivity index (χ0n) is 15.9. The zero-order valence-corrected chi connectivity index (χ0v) is 17.5. The van der Waals surface area contributed by atoms with Crippen molar-refractivity contribution in [1.29, 1.82) is 0 Å². The van der Waals surface area contributed by atoms with E-state index in [1.54, 1.807) is 54.0 Å². The molecule has 0 bridgehead atoms. The highest BCUT2D eigenvalue weighted by Crippen LogP contribution is 2.31. The molecule has 152 valence electrons. The fourth-order valence-corrected chi connectivity index (χ4v) is 5.61. The minimum Gasteiger partial charge on any atom is -0.497 e. The van der Waals surface area contributed by atoms with Gasteiger partial charge in [-0.25, -0.2) is 8.42 Å². The quantitative estimate of drug-likeness (QED) is 0.588. The van der Waals surface area contributed by atoms with Crippen LogP contribution < -0.4 is 14.8 Å². The fourth-order valence-electron chi connectivity index (χ4n) is 2.76. The highest BCUT2D eigenvalue weighted by molar-refractivity contribution is 7.93. The number of carbonyl (C=O) groups is 1. The second-order valence-electron chi connectivity index (χ2n) is 6.06. The number of sulfone groups is 1. The van der Waals surface area contributed by atoms with Crippen molar-refractivity contribution < 1.29 is 22.7 Å². The number of nitrogens with zero attached hydrogens (tertiary/aromatic N) is 1. The maximum atomic E-state index is 13.1. The molecule has 0 aliphatic carbocycles. The van der Waals surface area contributed by atoms with Crippen LogP contribution in [0.15, 0.2) is 64.4 Å². The predicted molar refractivity (Wildman–Crippen MR) is 110 cm³/mol. The third kappa shape index (κ3) is 4.75. The van der Waals surface area contributed by atoms with Crippen LogP contribution >= 0.6 is 11.3 Å². The lowest BCUT2D eigenvalue weighted by atomic mass is 10.1. The Morgan fingerprint density at radius 3 is 2.41 bits per heavy atom. The van der Waals surface area contributed by atoms with Crippen LogP contribution in [0.3, 0.4) is 0 Å². The largest absolute Gasteiger partial charge is 0.497 e. The molecule has 7 nitrogen and oxygen atoms in total. The van der Waals surface area contributed by atoms with E-state index in [2.05, 4.69) is 10.3 Å². The van der Waals surface area contributed by atoms with Gasteiger partial charge in [0, 0.05) is 30.6 Å². The first kappa shape index (κ1) is 20.8. The zero-order chi connectivity index (χ0) is 20.9. The minimum absolute atomic E-state index is 0.107. The summed E-state index contributed by atoms with van der Waals surface area (Å²) in [7, 11) is -0.723. The van der Waals surface area contributed by atoms with Gasteiger partial charge in [-0.05, 0) is 35.2 Å². The number of thiophene rings is 1. The second kappa shape index (κ2) is 9.06. The van der Waals surface area contributed by atoms with E-state index in [0.29, 0.717) is 22.6 Å². The highest BCUT2D eigenvalue weighted by atomic mass is 32.2. The topological polar surface area (TPSA) is 94.6 Å². The highest BCUT2D eigenvalue weighted by Gasteiger charge is 2.30. The summed E-state index contributed by atoms with van der Waals surface area (Å²) in [5, 5.41) is 3.45. The number of pyridine rings is 1. The molecule has 0 aliphatic rings. The van der Waals surface area contributed by atoms with Crippen molar-refractivity contribution in [2.75, 3.05) is 20.8 Å². The van der Waals surface area contributed by atoms with E-state index in [4.69, 9.17) is 9.47 Å². The second-order valence-corrected chi connectivity index (χ2v) is 9.37. The van der Waals surface area contributed by atoms with E-state index in [1.165, 1.54) is 20.4 Å². The maximum absolute atomic E-state index is 13.1. The van der Waals surface area contributed by atoms with Gasteiger partial charge in [0.25, 0.3) is 5.91 Å². The SMILES string of the molecule is COc1cc(OC)cc(C(=O)NCC(c2cccnc2)S(=O)(=O)c2cccs2)c1. The summed E-state index contributed by atoms with van der Waals surface area (Å²) in [5.41, 5.74) is 0.809. The van der Waals surface area contributed by atoms with Crippen LogP contribution in [0.1, 0.15) is 21.2 Å². The Labute approximate surface area is 173 Å². The van der Waals surface area contributed by atoms with Gasteiger partial charge in [0.15, 0.2) is 9.84 Å². The van der Waals surface area contributed by atoms with Crippen LogP contribution in [0.25, 0.3) is 0 Å². The van der Waals surface area contributed by atoms with Crippen molar-refractivity contribution in [2.24, 2.45) is 0 Å². The van der Waals surface area contributed by atoms with Crippen LogP contribution in [0, 0.1) is 0 Å². The molecule has 0 radical (unpaired) electrons. The molecule has 2 heterocycles. The Kier molecular flexibility index (Phi) is 6.50. The number of hydrogen-bond acceptors (Lipinski definition) is 7. The summed E-state index contributed by atoms with van der Waals surface area (Å²) < 4.78 is 36.9. The number of benzene rings is 1. The molecule has 1 atom stereocenters. The number of carbonyl (C=O) groups excluding carboxylic acids is 1. The first-order valence-electron chi connectivity index (χ1n) is 8.64. The maximum Gasteiger partial charge on any atom is 0.251 e. The molecule has 0 fully saturated rings. The summed E-state index contributed by atoms with van der Waals surface area (Å²) in [6.45, 7) is -0.107. The monoisotopic (exact) mass is 432 g/mol. The normalized spacial score (nSPS) is 12.2. The molecule has 0 spiro atoms. The average molecular weight is 433 g/mol. The Hall–Kier alpha value is -2.91. The fraction of sp³-hybridized carbons (Fsp3) is 0.200. The molecule has 3 rings (SSSR count). The molecule has 9 heteroatoms. The number of aromatic nitrogens is 1. The van der Waals surface area contributed by atoms with Crippen molar-refractivity contribution >= 4 is 27.1 Å². The summed E-state index contributed by atoms with van der Waals surface area (Å²) in [6.07, 6.45) is 3.07. The molecule has 3 aromatic rings. The lowest BCUT2D eigenvalue weighted by Crippen LogP contribution is -2.31. The first-order chi connectivity index (χ1) is 14.0. The molecule has 29 heavy (non-hydrogen) atoms. The molecular formula is C20H20N2O5S2. The first-order valence-corrected chi connectivity index (χ1v) is 11.1. The van der Waals surface area contributed by atoms with Crippen molar-refractivity contribution in [3.8, 4) is 11.5 Å². The molecule has 2 aromatic heterocycles. The van der Waals surface area contributed by atoms with Crippen molar-refractivity contribution in [3.05, 3.63) is 71.4 Å². The molecule has 1 unspecified atom stereocenters. The van der Waals surface area contributed by atoms with E-state index < -0.39 is 21.0 Å². The summed E-state index contributed by atoms with van der Waals surface area (Å²) in [5.74, 6) is 0.492. The smallest absolute Gasteiger partial charge is 0.251 e. The Morgan fingerprint density at radius 2 is 1.86 bits per heavy atom. The lowest BCUT2D eigenvalue weighted by Gasteiger charge is -2.18. The van der Waals surface area contributed by atoms with Crippen LogP contribution in [0.5, 0.6) is 11.5 Å². The van der Waals surface area contributed by atoms with E-state index in [-0.39, 0.29) is 10.8 Å². The molecule has 0 aliphatic heterocycles. The van der Waals surface area contributed by atoms with E-state index in [9.17, 15) is 13.2 Å². The van der Waals surface area contributed by atoms with Crippen LogP contribution in [0.4, 0.5) is 0 Å². The molecule has 1 N–H and O–H groups in total. The Bertz CT molecular complexity index is 1050. The van der Waals surface area contributed by atoms with Gasteiger partial charge in [0.05, 0.1) is 14.2 Å². The number of rotatable bonds is 8. The van der Waals surface area contributed by atoms with Crippen molar-refractivity contribution in [2.45, 2.75) is 9.46 Å². The Balaban J connectivity index is 1.87. The minimum atomic E-state index is -3.70. The lowest BCUT2D eigenvalue weighted by molar-refractivity contribution is 0.0953. The van der Waals surface area contributed by atoms with Crippen LogP contribution in [-0.2, 0) is 9.84 Å². The number of nitrogens with one attached hydrogen (secondary N) is 1. The van der Waals surface area contributed by atoms with Gasteiger partial charge >= 0.3 is 0 Å².